The van der Waals surface area contributed by atoms with Gasteiger partial charge >= 0.3 is 0 Å². The minimum atomic E-state index is 1.04. The van der Waals surface area contributed by atoms with E-state index < -0.39 is 0 Å². The van der Waals surface area contributed by atoms with Gasteiger partial charge in [-0.25, -0.2) is 0 Å². The fourth-order valence-electron chi connectivity index (χ4n) is 8.56. The lowest BCUT2D eigenvalue weighted by Gasteiger charge is -2.28. The van der Waals surface area contributed by atoms with E-state index in [2.05, 4.69) is 179 Å². The van der Waals surface area contributed by atoms with Crippen LogP contribution in [0.15, 0.2) is 158 Å². The number of hydrogen-bond donors (Lipinski definition) is 0. The van der Waals surface area contributed by atoms with Crippen LogP contribution in [0.5, 0.6) is 0 Å². The third-order valence-corrected chi connectivity index (χ3v) is 11.9. The molecule has 0 N–H and O–H groups in total. The fraction of sp³-hybridized carbons (Fsp3) is 0.0417. The Hall–Kier alpha value is -6.16. The zero-order valence-corrected chi connectivity index (χ0v) is 28.7. The summed E-state index contributed by atoms with van der Waals surface area (Å²) < 4.78 is 5.07. The summed E-state index contributed by atoms with van der Waals surface area (Å²) in [6, 6.07) is 58.3. The van der Waals surface area contributed by atoms with Crippen molar-refractivity contribution in [3.8, 4) is 5.69 Å². The van der Waals surface area contributed by atoms with E-state index in [9.17, 15) is 0 Å². The lowest BCUT2D eigenvalue weighted by molar-refractivity contribution is 1.02. The van der Waals surface area contributed by atoms with Gasteiger partial charge in [0.15, 0.2) is 0 Å². The highest BCUT2D eigenvalue weighted by molar-refractivity contribution is 7.26. The number of hydrogen-bond acceptors (Lipinski definition) is 2. The Morgan fingerprint density at radius 2 is 1.14 bits per heavy atom. The average Bonchev–Trinajstić information content (AvgIpc) is 3.75. The van der Waals surface area contributed by atoms with Gasteiger partial charge in [-0.2, -0.15) is 0 Å². The third kappa shape index (κ3) is 4.28. The Bertz CT molecular complexity index is 3150. The van der Waals surface area contributed by atoms with Gasteiger partial charge < -0.3 is 9.47 Å². The number of fused-ring (bicyclic) bond motifs is 11. The molecule has 2 nitrogen and oxygen atoms in total. The predicted molar refractivity (Wildman–Crippen MR) is 221 cm³/mol. The fourth-order valence-corrected chi connectivity index (χ4v) is 9.69. The average molecular weight is 669 g/mol. The lowest BCUT2D eigenvalue weighted by atomic mass is 9.96. The highest BCUT2D eigenvalue weighted by Gasteiger charge is 2.23. The number of thiophene rings is 1. The first-order chi connectivity index (χ1) is 25.3. The van der Waals surface area contributed by atoms with Crippen molar-refractivity contribution in [2.45, 2.75) is 12.8 Å². The maximum absolute atomic E-state index is 2.54. The van der Waals surface area contributed by atoms with Gasteiger partial charge in [-0.15, -0.1) is 11.3 Å². The molecular formula is C48H32N2S. The molecule has 11 rings (SSSR count). The van der Waals surface area contributed by atoms with Crippen LogP contribution < -0.4 is 15.5 Å². The smallest absolute Gasteiger partial charge is 0.0562 e. The zero-order valence-electron chi connectivity index (χ0n) is 27.9. The number of benzene rings is 8. The largest absolute Gasteiger partial charge is 0.310 e. The second-order valence-electron chi connectivity index (χ2n) is 13.6. The molecule has 240 valence electrons. The highest BCUT2D eigenvalue weighted by atomic mass is 32.1. The van der Waals surface area contributed by atoms with Crippen molar-refractivity contribution >= 4 is 104 Å². The Morgan fingerprint density at radius 1 is 0.471 bits per heavy atom. The van der Waals surface area contributed by atoms with Gasteiger partial charge in [0, 0.05) is 47.5 Å². The van der Waals surface area contributed by atoms with Crippen LogP contribution in [0.3, 0.4) is 0 Å². The van der Waals surface area contributed by atoms with E-state index in [0.29, 0.717) is 0 Å². The minimum Gasteiger partial charge on any atom is -0.310 e. The molecule has 0 aliphatic heterocycles. The van der Waals surface area contributed by atoms with Gasteiger partial charge in [-0.05, 0) is 99.8 Å². The second-order valence-corrected chi connectivity index (χ2v) is 14.6. The Balaban J connectivity index is 1.27. The van der Waals surface area contributed by atoms with E-state index in [-0.39, 0.29) is 0 Å². The number of rotatable bonds is 4. The summed E-state index contributed by atoms with van der Waals surface area (Å²) in [6.07, 6.45) is 6.96. The molecule has 1 aliphatic rings. The zero-order chi connectivity index (χ0) is 33.5. The van der Waals surface area contributed by atoms with E-state index in [1.807, 2.05) is 11.3 Å². The van der Waals surface area contributed by atoms with Gasteiger partial charge in [0.25, 0.3) is 0 Å². The van der Waals surface area contributed by atoms with E-state index in [4.69, 9.17) is 0 Å². The van der Waals surface area contributed by atoms with Crippen LogP contribution in [0.1, 0.15) is 12.8 Å². The summed E-state index contributed by atoms with van der Waals surface area (Å²) in [6.45, 7) is 0. The molecule has 2 heterocycles. The number of aromatic nitrogens is 1. The molecule has 0 radical (unpaired) electrons. The van der Waals surface area contributed by atoms with Crippen molar-refractivity contribution in [2.24, 2.45) is 0 Å². The summed E-state index contributed by atoms with van der Waals surface area (Å²) in [5.41, 5.74) is 5.96. The molecule has 0 saturated heterocycles. The molecule has 0 spiro atoms. The van der Waals surface area contributed by atoms with Crippen molar-refractivity contribution in [3.63, 3.8) is 0 Å². The first kappa shape index (κ1) is 28.7. The molecule has 1 aliphatic carbocycles. The number of anilines is 3. The Morgan fingerprint density at radius 3 is 2.02 bits per heavy atom. The quantitative estimate of drug-likeness (QED) is 0.169. The van der Waals surface area contributed by atoms with Crippen LogP contribution in [0.4, 0.5) is 17.1 Å². The van der Waals surface area contributed by atoms with Gasteiger partial charge in [0.1, 0.15) is 0 Å². The van der Waals surface area contributed by atoms with Crippen molar-refractivity contribution in [1.29, 1.82) is 0 Å². The summed E-state index contributed by atoms with van der Waals surface area (Å²) in [4.78, 5) is 2.54. The summed E-state index contributed by atoms with van der Waals surface area (Å²) in [7, 11) is 0. The molecule has 0 bridgehead atoms. The highest BCUT2D eigenvalue weighted by Crippen LogP contribution is 2.47. The standard InChI is InChI=1S/C48H32N2S/c1-2-13-33(14-3-1)49-41-18-8-6-16-38(41)47-42(49)19-10-20-43(47)50(44-21-11-23-46-48(44)39-17-7-9-22-45(39)51-46)34-27-24-32-26-28-36-35-15-5-4-12-31(35)25-29-37(36)40(32)30-34/h1-5,7,9-30H,6,8H2. The van der Waals surface area contributed by atoms with Crippen LogP contribution in [-0.4, -0.2) is 4.57 Å². The predicted octanol–water partition coefficient (Wildman–Crippen LogP) is 12.3. The lowest BCUT2D eigenvalue weighted by Crippen LogP contribution is -2.30. The maximum Gasteiger partial charge on any atom is 0.0562 e. The molecule has 0 fully saturated rings. The molecule has 2 aromatic heterocycles. The van der Waals surface area contributed by atoms with Crippen LogP contribution in [0.25, 0.3) is 81.2 Å². The van der Waals surface area contributed by atoms with Gasteiger partial charge in [-0.1, -0.05) is 115 Å². The van der Waals surface area contributed by atoms with Crippen molar-refractivity contribution in [2.75, 3.05) is 4.90 Å². The molecular weight excluding hydrogens is 637 g/mol. The van der Waals surface area contributed by atoms with Crippen LogP contribution >= 0.6 is 11.3 Å². The minimum absolute atomic E-state index is 1.04. The molecule has 10 aromatic rings. The SMILES string of the molecule is C1=c2c(n(-c3ccccc3)c3cccc(N(c4ccc5ccc6c7ccccc7ccc6c5c4)c4cccc5sc6ccccc6c45)c23)=CCC1. The molecule has 8 aromatic carbocycles. The molecule has 0 atom stereocenters. The summed E-state index contributed by atoms with van der Waals surface area (Å²) in [5.74, 6) is 0. The maximum atomic E-state index is 2.54. The van der Waals surface area contributed by atoms with Crippen molar-refractivity contribution in [1.82, 2.24) is 4.57 Å². The van der Waals surface area contributed by atoms with E-state index in [1.54, 1.807) is 0 Å². The number of para-hydroxylation sites is 1. The molecule has 0 amide bonds. The Labute approximate surface area is 299 Å². The van der Waals surface area contributed by atoms with Gasteiger partial charge in [-0.3, -0.25) is 0 Å². The van der Waals surface area contributed by atoms with Crippen LogP contribution in [0, 0.1) is 0 Å². The molecule has 51 heavy (non-hydrogen) atoms. The first-order valence-corrected chi connectivity index (χ1v) is 18.6. The summed E-state index contributed by atoms with van der Waals surface area (Å²) >= 11 is 1.88. The number of nitrogens with zero attached hydrogens (tertiary/aromatic N) is 2. The molecule has 3 heteroatoms. The monoisotopic (exact) mass is 668 g/mol. The van der Waals surface area contributed by atoms with E-state index in [0.717, 1.165) is 18.5 Å². The van der Waals surface area contributed by atoms with E-state index >= 15 is 0 Å². The first-order valence-electron chi connectivity index (χ1n) is 17.8. The summed E-state index contributed by atoms with van der Waals surface area (Å²) in [5, 5.41) is 14.1. The molecule has 0 saturated carbocycles. The van der Waals surface area contributed by atoms with Crippen molar-refractivity contribution in [3.05, 3.63) is 168 Å². The second kappa shape index (κ2) is 11.2. The topological polar surface area (TPSA) is 8.17 Å². The van der Waals surface area contributed by atoms with Crippen LogP contribution in [0.2, 0.25) is 0 Å². The third-order valence-electron chi connectivity index (χ3n) is 10.8. The normalized spacial score (nSPS) is 12.9. The van der Waals surface area contributed by atoms with Gasteiger partial charge in [0.05, 0.1) is 16.9 Å². The van der Waals surface area contributed by atoms with Crippen molar-refractivity contribution < 1.29 is 0 Å². The van der Waals surface area contributed by atoms with E-state index in [1.165, 1.54) is 91.0 Å². The Kier molecular flexibility index (Phi) is 6.28. The molecule has 0 unspecified atom stereocenters. The van der Waals surface area contributed by atoms with Crippen LogP contribution in [-0.2, 0) is 0 Å². The van der Waals surface area contributed by atoms with Gasteiger partial charge in [0.2, 0.25) is 0 Å².